The molecule has 2 aromatic rings. The second-order valence-electron chi connectivity index (χ2n) is 9.34. The zero-order chi connectivity index (χ0) is 29.9. The van der Waals surface area contributed by atoms with E-state index in [4.69, 9.17) is 28.1 Å². The number of amides is 1. The monoisotopic (exact) mass is 625 g/mol. The molecule has 3 aliphatic rings. The van der Waals surface area contributed by atoms with Crippen molar-refractivity contribution >= 4 is 62.0 Å². The quantitative estimate of drug-likeness (QED) is 0.114. The van der Waals surface area contributed by atoms with Gasteiger partial charge in [-0.2, -0.15) is 13.0 Å². The number of anilines is 1. The Balaban J connectivity index is 0.000000714. The van der Waals surface area contributed by atoms with Gasteiger partial charge in [-0.15, -0.1) is 23.1 Å². The predicted octanol–water partition coefficient (Wildman–Crippen LogP) is -0.216. The first-order chi connectivity index (χ1) is 19.4. The summed E-state index contributed by atoms with van der Waals surface area (Å²) >= 11 is 2.63. The van der Waals surface area contributed by atoms with Crippen LogP contribution in [-0.4, -0.2) is 69.0 Å². The molecule has 4 heterocycles. The highest BCUT2D eigenvalue weighted by Gasteiger charge is 2.53. The van der Waals surface area contributed by atoms with Gasteiger partial charge in [0.25, 0.3) is 0 Å². The third-order valence-electron chi connectivity index (χ3n) is 6.72. The van der Waals surface area contributed by atoms with Crippen LogP contribution in [0.2, 0.25) is 0 Å². The molecular weight excluding hydrogens is 598 g/mol. The van der Waals surface area contributed by atoms with E-state index in [2.05, 4.69) is 20.8 Å². The number of carbonyl (C=O) groups excluding carboxylic acids is 3. The van der Waals surface area contributed by atoms with Crippen molar-refractivity contribution in [3.63, 3.8) is 0 Å². The largest absolute Gasteiger partial charge is 0.543 e. The lowest BCUT2D eigenvalue weighted by Crippen LogP contribution is -2.63. The number of hydrogen-bond acceptors (Lipinski definition) is 12. The van der Waals surface area contributed by atoms with Crippen LogP contribution in [0.3, 0.4) is 0 Å². The van der Waals surface area contributed by atoms with Crippen molar-refractivity contribution in [2.45, 2.75) is 44.0 Å². The van der Waals surface area contributed by atoms with E-state index in [0.717, 1.165) is 37.0 Å². The van der Waals surface area contributed by atoms with Crippen LogP contribution in [-0.2, 0) is 49.0 Å². The molecule has 5 rings (SSSR count). The fraction of sp³-hybridized carbons (Fsp3) is 0.417. The van der Waals surface area contributed by atoms with Crippen LogP contribution in [0.25, 0.3) is 0 Å². The number of nitrogens with two attached hydrogens (primary N) is 1. The standard InChI is InChI=1S/C24H25N5O5S2.H2O4S/c1-34-27-19(16-12-36-24(25)26-16)18(30)9-15-21(31)29-20(23(32)33)14(11-35-22(15)29)10-28-8-4-6-13-5-2-3-7-17(13)28;1-5(2,3)4/h4,6,8,12,15,22H,2-3,5,7,9-11H2,1H3,(H2-,25,26,32,33);(H2,1,2,3,4)/b27-19+;/t15-,22?;/m1./s1. The van der Waals surface area contributed by atoms with Crippen molar-refractivity contribution in [1.82, 2.24) is 9.88 Å². The van der Waals surface area contributed by atoms with Crippen molar-refractivity contribution in [1.29, 1.82) is 0 Å². The number of nitrogens with zero attached hydrogens (tertiary/aromatic N) is 4. The van der Waals surface area contributed by atoms with E-state index < -0.39 is 39.4 Å². The Labute approximate surface area is 243 Å². The van der Waals surface area contributed by atoms with Gasteiger partial charge >= 0.3 is 10.4 Å². The lowest BCUT2D eigenvalue weighted by molar-refractivity contribution is -0.697. The third-order valence-corrected chi connectivity index (χ3v) is 8.79. The molecule has 0 spiro atoms. The molecule has 0 radical (unpaired) electrons. The minimum absolute atomic E-state index is 0.0147. The fourth-order valence-corrected chi connectivity index (χ4v) is 7.03. The molecule has 4 N–H and O–H groups in total. The highest BCUT2D eigenvalue weighted by atomic mass is 32.3. The van der Waals surface area contributed by atoms with Crippen molar-refractivity contribution in [3.8, 4) is 0 Å². The summed E-state index contributed by atoms with van der Waals surface area (Å²) in [5, 5.41) is 17.4. The Kier molecular flexibility index (Phi) is 9.43. The molecule has 1 unspecified atom stereocenters. The maximum atomic E-state index is 13.1. The van der Waals surface area contributed by atoms with Gasteiger partial charge in [0.15, 0.2) is 35.1 Å². The molecule has 14 nitrogen and oxygen atoms in total. The number of aliphatic carboxylic acids is 1. The van der Waals surface area contributed by atoms with Gasteiger partial charge in [-0.1, -0.05) is 5.16 Å². The maximum Gasteiger partial charge on any atom is 0.394 e. The van der Waals surface area contributed by atoms with Crippen LogP contribution in [0.15, 0.2) is 40.1 Å². The van der Waals surface area contributed by atoms with Gasteiger partial charge in [0, 0.05) is 41.2 Å². The molecule has 1 saturated heterocycles. The Morgan fingerprint density at radius 3 is 2.66 bits per heavy atom. The molecule has 220 valence electrons. The summed E-state index contributed by atoms with van der Waals surface area (Å²) in [4.78, 5) is 48.5. The fourth-order valence-electron chi connectivity index (χ4n) is 5.08. The zero-order valence-electron chi connectivity index (χ0n) is 21.8. The first-order valence-corrected chi connectivity index (χ1v) is 15.7. The number of thioether (sulfide) groups is 1. The van der Waals surface area contributed by atoms with Crippen LogP contribution in [0.4, 0.5) is 5.13 Å². The van der Waals surface area contributed by atoms with E-state index in [1.807, 2.05) is 12.3 Å². The lowest BCUT2D eigenvalue weighted by atomic mass is 9.89. The number of fused-ring (bicyclic) bond motifs is 2. The number of rotatable bonds is 8. The Morgan fingerprint density at radius 1 is 1.32 bits per heavy atom. The van der Waals surface area contributed by atoms with Gasteiger partial charge < -0.3 is 20.5 Å². The summed E-state index contributed by atoms with van der Waals surface area (Å²) in [5.41, 5.74) is 9.01. The number of thiazole rings is 1. The number of oxime groups is 1. The molecule has 0 aromatic carbocycles. The minimum atomic E-state index is -4.67. The molecule has 2 aliphatic heterocycles. The molecule has 0 saturated carbocycles. The predicted molar refractivity (Wildman–Crippen MR) is 146 cm³/mol. The number of β-lactam (4-membered cyclic amide) rings is 1. The van der Waals surface area contributed by atoms with Crippen LogP contribution in [0, 0.1) is 5.92 Å². The molecule has 41 heavy (non-hydrogen) atoms. The van der Waals surface area contributed by atoms with Gasteiger partial charge in [0.05, 0.1) is 23.0 Å². The second-order valence-corrected chi connectivity index (χ2v) is 12.2. The van der Waals surface area contributed by atoms with Gasteiger partial charge in [0.1, 0.15) is 12.8 Å². The number of carboxylic acids is 1. The average molecular weight is 626 g/mol. The van der Waals surface area contributed by atoms with E-state index in [1.54, 1.807) is 5.38 Å². The molecule has 2 aromatic heterocycles. The molecular formula is C24H27N5O9S3. The number of carboxylic acid groups (broad SMARTS) is 1. The van der Waals surface area contributed by atoms with E-state index >= 15 is 0 Å². The summed E-state index contributed by atoms with van der Waals surface area (Å²) in [5.74, 6) is -2.45. The van der Waals surface area contributed by atoms with Crippen molar-refractivity contribution < 1.29 is 46.4 Å². The summed E-state index contributed by atoms with van der Waals surface area (Å²) in [7, 11) is -3.35. The van der Waals surface area contributed by atoms with Crippen LogP contribution >= 0.6 is 23.1 Å². The normalized spacial score (nSPS) is 20.3. The second kappa shape index (κ2) is 12.6. The number of ketones is 1. The van der Waals surface area contributed by atoms with Gasteiger partial charge in [0.2, 0.25) is 5.91 Å². The molecule has 17 heteroatoms. The van der Waals surface area contributed by atoms with E-state index in [-0.39, 0.29) is 28.7 Å². The van der Waals surface area contributed by atoms with E-state index in [1.165, 1.54) is 35.0 Å². The molecule has 1 fully saturated rings. The molecule has 0 bridgehead atoms. The van der Waals surface area contributed by atoms with Crippen molar-refractivity contribution in [3.05, 3.63) is 51.9 Å². The SMILES string of the molecule is CO/N=C(/C(=O)C[C@@H]1C(=O)N2C(C(=O)[O-])=C(C[n+]3cccc4c3CCCC4)CSC12)c1csc(N)n1.O=S(=O)(O)O. The number of hydrogen-bond donors (Lipinski definition) is 3. The smallest absolute Gasteiger partial charge is 0.394 e. The first-order valence-electron chi connectivity index (χ1n) is 12.3. The highest BCUT2D eigenvalue weighted by molar-refractivity contribution is 8.00. The number of aryl methyl sites for hydroxylation is 1. The zero-order valence-corrected chi connectivity index (χ0v) is 24.2. The Hall–Kier alpha value is -3.38. The molecule has 2 atom stereocenters. The highest BCUT2D eigenvalue weighted by Crippen LogP contribution is 2.45. The van der Waals surface area contributed by atoms with Gasteiger partial charge in [-0.05, 0) is 25.3 Å². The summed E-state index contributed by atoms with van der Waals surface area (Å²) in [6, 6.07) is 4.10. The Morgan fingerprint density at radius 2 is 2.02 bits per heavy atom. The third kappa shape index (κ3) is 7.10. The number of nitrogen functional groups attached to an aromatic ring is 1. The topological polar surface area (TPSA) is 216 Å². The minimum Gasteiger partial charge on any atom is -0.543 e. The first kappa shape index (κ1) is 30.6. The van der Waals surface area contributed by atoms with Crippen molar-refractivity contribution in [2.24, 2.45) is 11.1 Å². The Bertz CT molecular complexity index is 1530. The number of aromatic nitrogens is 2. The van der Waals surface area contributed by atoms with Gasteiger partial charge in [-0.3, -0.25) is 23.6 Å². The summed E-state index contributed by atoms with van der Waals surface area (Å²) in [6.45, 7) is 0.384. The lowest BCUT2D eigenvalue weighted by Gasteiger charge is -2.50. The number of pyridine rings is 1. The van der Waals surface area contributed by atoms with Crippen molar-refractivity contribution in [2.75, 3.05) is 18.6 Å². The maximum absolute atomic E-state index is 13.1. The average Bonchev–Trinajstić information content (AvgIpc) is 3.34. The summed E-state index contributed by atoms with van der Waals surface area (Å²) in [6.07, 6.45) is 6.04. The van der Waals surface area contributed by atoms with Gasteiger partial charge in [-0.25, -0.2) is 4.98 Å². The van der Waals surface area contributed by atoms with Crippen LogP contribution in [0.1, 0.15) is 36.2 Å². The number of Topliss-reactive ketones (excluding diaryl/α,β-unsaturated/α-hetero) is 1. The molecule has 1 amide bonds. The van der Waals surface area contributed by atoms with E-state index in [0.29, 0.717) is 17.9 Å². The van der Waals surface area contributed by atoms with Crippen LogP contribution in [0.5, 0.6) is 0 Å². The molecule has 1 aliphatic carbocycles. The van der Waals surface area contributed by atoms with E-state index in [9.17, 15) is 19.5 Å². The van der Waals surface area contributed by atoms with Crippen LogP contribution < -0.4 is 15.4 Å². The summed E-state index contributed by atoms with van der Waals surface area (Å²) < 4.78 is 33.7. The number of carbonyl (C=O) groups is 3.